The third-order valence-corrected chi connectivity index (χ3v) is 2.35. The lowest BCUT2D eigenvalue weighted by atomic mass is 10.1. The monoisotopic (exact) mass is 222 g/mol. The Morgan fingerprint density at radius 2 is 2.25 bits per heavy atom. The molecular formula is C11H16N3O2+. The van der Waals surface area contributed by atoms with Gasteiger partial charge in [-0.1, -0.05) is 0 Å². The molecule has 0 heterocycles. The van der Waals surface area contributed by atoms with Gasteiger partial charge in [0.1, 0.15) is 12.2 Å². The van der Waals surface area contributed by atoms with Crippen LogP contribution in [-0.2, 0) is 9.53 Å². The van der Waals surface area contributed by atoms with Crippen LogP contribution < -0.4 is 10.4 Å². The van der Waals surface area contributed by atoms with Crippen LogP contribution in [0.3, 0.4) is 0 Å². The maximum Gasteiger partial charge on any atom is 0.325 e. The molecule has 0 aliphatic heterocycles. The smallest absolute Gasteiger partial charge is 0.325 e. The van der Waals surface area contributed by atoms with Crippen molar-refractivity contribution in [1.29, 1.82) is 0 Å². The van der Waals surface area contributed by atoms with Gasteiger partial charge in [-0.15, -0.1) is 0 Å². The Morgan fingerprint density at radius 3 is 2.75 bits per heavy atom. The number of carbonyl (C=O) groups is 1. The van der Waals surface area contributed by atoms with E-state index >= 15 is 0 Å². The van der Waals surface area contributed by atoms with Gasteiger partial charge in [0.15, 0.2) is 0 Å². The zero-order valence-corrected chi connectivity index (χ0v) is 9.73. The van der Waals surface area contributed by atoms with Crippen LogP contribution in [0.15, 0.2) is 23.3 Å². The quantitative estimate of drug-likeness (QED) is 0.594. The molecule has 0 unspecified atom stereocenters. The first-order valence-electron chi connectivity index (χ1n) is 4.88. The molecule has 0 aliphatic carbocycles. The fourth-order valence-corrected chi connectivity index (χ4v) is 1.37. The number of esters is 1. The average molecular weight is 222 g/mol. The van der Waals surface area contributed by atoms with Gasteiger partial charge in [0.25, 0.3) is 0 Å². The highest BCUT2D eigenvalue weighted by Gasteiger charge is 2.08. The molecule has 0 saturated heterocycles. The summed E-state index contributed by atoms with van der Waals surface area (Å²) in [6.45, 7) is 2.14. The molecule has 86 valence electrons. The second-order valence-corrected chi connectivity index (χ2v) is 3.53. The van der Waals surface area contributed by atoms with Crippen LogP contribution in [0, 0.1) is 6.92 Å². The van der Waals surface area contributed by atoms with Crippen molar-refractivity contribution in [1.82, 2.24) is 0 Å². The maximum absolute atomic E-state index is 11.1. The summed E-state index contributed by atoms with van der Waals surface area (Å²) in [5, 5.41) is 3.64. The van der Waals surface area contributed by atoms with Crippen LogP contribution in [0.4, 0.5) is 11.4 Å². The molecule has 0 amide bonds. The minimum atomic E-state index is -0.271. The summed E-state index contributed by atoms with van der Waals surface area (Å²) in [4.78, 5) is 12.9. The summed E-state index contributed by atoms with van der Waals surface area (Å²) in [5.41, 5.74) is 7.86. The van der Waals surface area contributed by atoms with Crippen LogP contribution in [0.2, 0.25) is 0 Å². The van der Waals surface area contributed by atoms with Gasteiger partial charge in [0.05, 0.1) is 7.11 Å². The number of nitrogens with zero attached hydrogens (tertiary/aromatic N) is 2. The second-order valence-electron chi connectivity index (χ2n) is 3.53. The molecule has 0 spiro atoms. The summed E-state index contributed by atoms with van der Waals surface area (Å²) in [6, 6.07) is 5.61. The van der Waals surface area contributed by atoms with Crippen LogP contribution in [0.25, 0.3) is 0 Å². The van der Waals surface area contributed by atoms with E-state index in [9.17, 15) is 4.79 Å². The van der Waals surface area contributed by atoms with Crippen molar-refractivity contribution >= 4 is 17.3 Å². The number of anilines is 1. The number of aryl methyl sites for hydroxylation is 1. The minimum Gasteiger partial charge on any atom is -0.468 e. The van der Waals surface area contributed by atoms with Crippen molar-refractivity contribution in [3.8, 4) is 0 Å². The Hall–Kier alpha value is -1.91. The number of carbonyl (C=O) groups excluding carboxylic acids is 1. The van der Waals surface area contributed by atoms with Crippen LogP contribution in [0.1, 0.15) is 5.56 Å². The standard InChI is InChI=1S/C11H15N3O2/c1-8-6-9(4-5-10(8)13-12)14(2)7-11(15)16-3/h4-6,12H,7H2,1-3H3/p+1. The summed E-state index contributed by atoms with van der Waals surface area (Å²) in [5.74, 6) is -0.271. The fourth-order valence-electron chi connectivity index (χ4n) is 1.37. The number of benzene rings is 1. The fraction of sp³-hybridized carbons (Fsp3) is 0.364. The van der Waals surface area contributed by atoms with Crippen molar-refractivity contribution in [3.63, 3.8) is 0 Å². The predicted molar refractivity (Wildman–Crippen MR) is 60.5 cm³/mol. The Kier molecular flexibility index (Phi) is 3.99. The first kappa shape index (κ1) is 12.2. The van der Waals surface area contributed by atoms with Crippen LogP contribution in [-0.4, -0.2) is 26.7 Å². The Bertz CT molecular complexity index is 404. The molecule has 0 saturated carbocycles. The van der Waals surface area contributed by atoms with Gasteiger partial charge >= 0.3 is 5.97 Å². The molecule has 1 rings (SSSR count). The van der Waals surface area contributed by atoms with Crippen molar-refractivity contribution < 1.29 is 15.1 Å². The number of methoxy groups -OCH3 is 1. The normalized spacial score (nSPS) is 9.69. The SMILES string of the molecule is COC(=O)CN(C)c1ccc(N=[NH2+])c(C)c1. The molecule has 0 aliphatic rings. The Labute approximate surface area is 94.5 Å². The summed E-state index contributed by atoms with van der Waals surface area (Å²) in [7, 11) is 3.20. The molecule has 0 aromatic heterocycles. The number of hydrogen-bond acceptors (Lipinski definition) is 4. The second kappa shape index (κ2) is 5.25. The van der Waals surface area contributed by atoms with Gasteiger partial charge in [0.2, 0.25) is 0 Å². The molecule has 0 bridgehead atoms. The van der Waals surface area contributed by atoms with E-state index in [4.69, 9.17) is 5.53 Å². The van der Waals surface area contributed by atoms with Gasteiger partial charge < -0.3 is 9.64 Å². The van der Waals surface area contributed by atoms with E-state index in [0.29, 0.717) is 0 Å². The lowest BCUT2D eigenvalue weighted by Gasteiger charge is -2.18. The first-order valence-corrected chi connectivity index (χ1v) is 4.88. The summed E-state index contributed by atoms with van der Waals surface area (Å²) < 4.78 is 4.60. The van der Waals surface area contributed by atoms with Crippen molar-refractivity contribution in [2.24, 2.45) is 5.11 Å². The molecule has 1 aromatic rings. The number of ether oxygens (including phenoxy) is 1. The number of nitrogens with two attached hydrogens (primary N) is 1. The molecule has 0 radical (unpaired) electrons. The lowest BCUT2D eigenvalue weighted by molar-refractivity contribution is -0.210. The zero-order chi connectivity index (χ0) is 12.1. The van der Waals surface area contributed by atoms with Gasteiger partial charge in [-0.2, -0.15) is 5.53 Å². The third kappa shape index (κ3) is 2.79. The average Bonchev–Trinajstić information content (AvgIpc) is 2.28. The first-order chi connectivity index (χ1) is 7.58. The van der Waals surface area contributed by atoms with Crippen molar-refractivity contribution in [2.75, 3.05) is 25.6 Å². The van der Waals surface area contributed by atoms with E-state index in [0.717, 1.165) is 16.9 Å². The van der Waals surface area contributed by atoms with E-state index in [-0.39, 0.29) is 12.5 Å². The molecule has 5 heteroatoms. The topological polar surface area (TPSA) is 67.5 Å². The van der Waals surface area contributed by atoms with Gasteiger partial charge in [-0.25, -0.2) is 0 Å². The molecule has 5 nitrogen and oxygen atoms in total. The van der Waals surface area contributed by atoms with Crippen LogP contribution >= 0.6 is 0 Å². The molecule has 16 heavy (non-hydrogen) atoms. The highest BCUT2D eigenvalue weighted by atomic mass is 16.5. The molecule has 2 N–H and O–H groups in total. The minimum absolute atomic E-state index is 0.217. The molecule has 0 fully saturated rings. The third-order valence-electron chi connectivity index (χ3n) is 2.35. The van der Waals surface area contributed by atoms with Crippen molar-refractivity contribution in [3.05, 3.63) is 23.8 Å². The van der Waals surface area contributed by atoms with Crippen LogP contribution in [0.5, 0.6) is 0 Å². The predicted octanol–water partition coefficient (Wildman–Crippen LogP) is 0.447. The molecule has 0 atom stereocenters. The van der Waals surface area contributed by atoms with E-state index in [2.05, 4.69) is 9.85 Å². The van der Waals surface area contributed by atoms with E-state index in [1.54, 1.807) is 4.90 Å². The largest absolute Gasteiger partial charge is 0.468 e. The van der Waals surface area contributed by atoms with Crippen molar-refractivity contribution in [2.45, 2.75) is 6.92 Å². The summed E-state index contributed by atoms with van der Waals surface area (Å²) >= 11 is 0. The highest BCUT2D eigenvalue weighted by molar-refractivity contribution is 5.75. The Morgan fingerprint density at radius 1 is 1.56 bits per heavy atom. The number of likely N-dealkylation sites (N-methyl/N-ethyl adjacent to an activating group) is 1. The molecular weight excluding hydrogens is 206 g/mol. The summed E-state index contributed by atoms with van der Waals surface area (Å²) in [6.07, 6.45) is 0. The van der Waals surface area contributed by atoms with E-state index in [1.165, 1.54) is 7.11 Å². The molecule has 1 aromatic carbocycles. The zero-order valence-electron chi connectivity index (χ0n) is 9.73. The Balaban J connectivity index is 2.84. The lowest BCUT2D eigenvalue weighted by Crippen LogP contribution is -2.26. The van der Waals surface area contributed by atoms with E-state index < -0.39 is 0 Å². The van der Waals surface area contributed by atoms with Gasteiger partial charge in [0, 0.05) is 12.7 Å². The van der Waals surface area contributed by atoms with Gasteiger partial charge in [-0.3, -0.25) is 4.79 Å². The number of rotatable bonds is 4. The highest BCUT2D eigenvalue weighted by Crippen LogP contribution is 2.23. The maximum atomic E-state index is 11.1. The van der Waals surface area contributed by atoms with E-state index in [1.807, 2.05) is 32.2 Å². The number of hydrogen-bond donors (Lipinski definition) is 1. The van der Waals surface area contributed by atoms with Gasteiger partial charge in [-0.05, 0) is 35.8 Å².